The molecular formula is C18H24N4OS. The summed E-state index contributed by atoms with van der Waals surface area (Å²) >= 11 is 1.73. The molecule has 1 aliphatic heterocycles. The first-order valence-electron chi connectivity index (χ1n) is 8.36. The molecule has 6 heteroatoms. The van der Waals surface area contributed by atoms with Gasteiger partial charge in [0.2, 0.25) is 0 Å². The SMILES string of the molecule is Cc1ccc(C(C)N(C)C(=O)Nc2cccnc2N2CCCC2)s1. The number of aromatic nitrogens is 1. The van der Waals surface area contributed by atoms with E-state index in [-0.39, 0.29) is 12.1 Å². The summed E-state index contributed by atoms with van der Waals surface area (Å²) in [5.74, 6) is 0.872. The molecule has 1 atom stereocenters. The van der Waals surface area contributed by atoms with Crippen LogP contribution in [0.2, 0.25) is 0 Å². The number of carbonyl (C=O) groups is 1. The molecule has 0 radical (unpaired) electrons. The molecule has 1 aliphatic rings. The highest BCUT2D eigenvalue weighted by atomic mass is 32.1. The lowest BCUT2D eigenvalue weighted by Crippen LogP contribution is -2.34. The first-order valence-corrected chi connectivity index (χ1v) is 9.18. The Labute approximate surface area is 147 Å². The van der Waals surface area contributed by atoms with Gasteiger partial charge in [0, 0.05) is 36.1 Å². The van der Waals surface area contributed by atoms with Crippen molar-refractivity contribution in [1.29, 1.82) is 0 Å². The zero-order valence-electron chi connectivity index (χ0n) is 14.5. The summed E-state index contributed by atoms with van der Waals surface area (Å²) in [5, 5.41) is 3.03. The fourth-order valence-electron chi connectivity index (χ4n) is 2.92. The second kappa shape index (κ2) is 7.21. The van der Waals surface area contributed by atoms with Gasteiger partial charge in [-0.2, -0.15) is 0 Å². The van der Waals surface area contributed by atoms with Crippen molar-refractivity contribution in [1.82, 2.24) is 9.88 Å². The summed E-state index contributed by atoms with van der Waals surface area (Å²) in [6.45, 7) is 6.13. The largest absolute Gasteiger partial charge is 0.355 e. The highest BCUT2D eigenvalue weighted by Crippen LogP contribution is 2.29. The molecule has 1 unspecified atom stereocenters. The van der Waals surface area contributed by atoms with Gasteiger partial charge in [0.25, 0.3) is 0 Å². The summed E-state index contributed by atoms with van der Waals surface area (Å²) in [5.41, 5.74) is 0.783. The monoisotopic (exact) mass is 344 g/mol. The van der Waals surface area contributed by atoms with E-state index >= 15 is 0 Å². The number of hydrogen-bond donors (Lipinski definition) is 1. The van der Waals surface area contributed by atoms with Crippen molar-refractivity contribution < 1.29 is 4.79 Å². The number of aryl methyl sites for hydroxylation is 1. The van der Waals surface area contributed by atoms with E-state index in [0.717, 1.165) is 24.6 Å². The van der Waals surface area contributed by atoms with Gasteiger partial charge in [0.05, 0.1) is 11.7 Å². The molecule has 0 bridgehead atoms. The third kappa shape index (κ3) is 3.53. The summed E-state index contributed by atoms with van der Waals surface area (Å²) in [7, 11) is 1.83. The van der Waals surface area contributed by atoms with E-state index in [1.165, 1.54) is 22.6 Å². The Morgan fingerprint density at radius 3 is 2.75 bits per heavy atom. The van der Waals surface area contributed by atoms with Gasteiger partial charge in [-0.3, -0.25) is 0 Å². The topological polar surface area (TPSA) is 48.5 Å². The Hall–Kier alpha value is -2.08. The van der Waals surface area contributed by atoms with E-state index in [9.17, 15) is 4.79 Å². The van der Waals surface area contributed by atoms with Crippen LogP contribution < -0.4 is 10.2 Å². The standard InChI is InChI=1S/C18H24N4OS/c1-13-8-9-16(24-13)14(2)21(3)18(23)20-15-7-6-10-19-17(15)22-11-4-5-12-22/h6-10,14H,4-5,11-12H2,1-3H3,(H,20,23). The van der Waals surface area contributed by atoms with Crippen molar-refractivity contribution in [2.75, 3.05) is 30.4 Å². The van der Waals surface area contributed by atoms with Gasteiger partial charge < -0.3 is 15.1 Å². The number of pyridine rings is 1. The number of nitrogens with zero attached hydrogens (tertiary/aromatic N) is 3. The van der Waals surface area contributed by atoms with Crippen LogP contribution >= 0.6 is 11.3 Å². The lowest BCUT2D eigenvalue weighted by molar-refractivity contribution is 0.209. The van der Waals surface area contributed by atoms with Crippen LogP contribution in [0.5, 0.6) is 0 Å². The fraction of sp³-hybridized carbons (Fsp3) is 0.444. The van der Waals surface area contributed by atoms with Crippen LogP contribution in [-0.4, -0.2) is 36.1 Å². The van der Waals surface area contributed by atoms with Crippen LogP contribution in [-0.2, 0) is 0 Å². The van der Waals surface area contributed by atoms with Crippen LogP contribution in [0, 0.1) is 6.92 Å². The van der Waals surface area contributed by atoms with E-state index in [4.69, 9.17) is 0 Å². The average molecular weight is 344 g/mol. The van der Waals surface area contributed by atoms with Crippen LogP contribution in [0.1, 0.15) is 35.6 Å². The summed E-state index contributed by atoms with van der Waals surface area (Å²) in [6, 6.07) is 7.90. The normalized spacial score (nSPS) is 15.4. The summed E-state index contributed by atoms with van der Waals surface area (Å²) in [4.78, 5) is 23.6. The van der Waals surface area contributed by atoms with Gasteiger partial charge in [-0.25, -0.2) is 9.78 Å². The summed E-state index contributed by atoms with van der Waals surface area (Å²) in [6.07, 6.45) is 4.14. The first kappa shape index (κ1) is 16.8. The van der Waals surface area contributed by atoms with Gasteiger partial charge in [-0.05, 0) is 51.0 Å². The molecule has 0 aromatic carbocycles. The number of anilines is 2. The molecular weight excluding hydrogens is 320 g/mol. The third-order valence-electron chi connectivity index (χ3n) is 4.51. The molecule has 1 fully saturated rings. The Kier molecular flexibility index (Phi) is 5.04. The zero-order chi connectivity index (χ0) is 17.1. The minimum Gasteiger partial charge on any atom is -0.355 e. The van der Waals surface area contributed by atoms with Gasteiger partial charge >= 0.3 is 6.03 Å². The third-order valence-corrected chi connectivity index (χ3v) is 5.68. The number of thiophene rings is 1. The van der Waals surface area contributed by atoms with E-state index < -0.39 is 0 Å². The van der Waals surface area contributed by atoms with Crippen molar-refractivity contribution in [3.8, 4) is 0 Å². The Morgan fingerprint density at radius 2 is 2.08 bits per heavy atom. The number of urea groups is 1. The second-order valence-electron chi connectivity index (χ2n) is 6.23. The minimum atomic E-state index is -0.109. The van der Waals surface area contributed by atoms with Gasteiger partial charge in [0.15, 0.2) is 5.82 Å². The molecule has 3 heterocycles. The van der Waals surface area contributed by atoms with E-state index in [0.29, 0.717) is 0 Å². The predicted molar refractivity (Wildman–Crippen MR) is 99.9 cm³/mol. The van der Waals surface area contributed by atoms with Gasteiger partial charge in [0.1, 0.15) is 0 Å². The molecule has 0 spiro atoms. The maximum absolute atomic E-state index is 12.7. The average Bonchev–Trinajstić information content (AvgIpc) is 3.25. The molecule has 24 heavy (non-hydrogen) atoms. The molecule has 1 saturated heterocycles. The van der Waals surface area contributed by atoms with E-state index in [1.807, 2.05) is 19.2 Å². The number of amides is 2. The lowest BCUT2D eigenvalue weighted by atomic mass is 10.2. The van der Waals surface area contributed by atoms with Gasteiger partial charge in [-0.15, -0.1) is 11.3 Å². The van der Waals surface area contributed by atoms with Crippen LogP contribution in [0.3, 0.4) is 0 Å². The molecule has 2 aromatic rings. The first-order chi connectivity index (χ1) is 11.6. The highest BCUT2D eigenvalue weighted by molar-refractivity contribution is 7.12. The van der Waals surface area contributed by atoms with Gasteiger partial charge in [-0.1, -0.05) is 0 Å². The molecule has 2 amide bonds. The molecule has 5 nitrogen and oxygen atoms in total. The lowest BCUT2D eigenvalue weighted by Gasteiger charge is -2.26. The zero-order valence-corrected chi connectivity index (χ0v) is 15.3. The van der Waals surface area contributed by atoms with Crippen LogP contribution in [0.25, 0.3) is 0 Å². The minimum absolute atomic E-state index is 0.0376. The molecule has 128 valence electrons. The molecule has 3 rings (SSSR count). The number of nitrogens with one attached hydrogen (secondary N) is 1. The Balaban J connectivity index is 1.72. The maximum atomic E-state index is 12.7. The van der Waals surface area contributed by atoms with Crippen molar-refractivity contribution in [2.24, 2.45) is 0 Å². The highest BCUT2D eigenvalue weighted by Gasteiger charge is 2.22. The van der Waals surface area contributed by atoms with Crippen LogP contribution in [0.4, 0.5) is 16.3 Å². The number of carbonyl (C=O) groups excluding carboxylic acids is 1. The van der Waals surface area contributed by atoms with Crippen molar-refractivity contribution in [3.63, 3.8) is 0 Å². The smallest absolute Gasteiger partial charge is 0.322 e. The number of hydrogen-bond acceptors (Lipinski definition) is 4. The molecule has 0 saturated carbocycles. The number of rotatable bonds is 4. The fourth-order valence-corrected chi connectivity index (χ4v) is 3.90. The van der Waals surface area contributed by atoms with Crippen molar-refractivity contribution >= 4 is 28.9 Å². The molecule has 2 aromatic heterocycles. The van der Waals surface area contributed by atoms with Crippen LogP contribution in [0.15, 0.2) is 30.5 Å². The molecule has 1 N–H and O–H groups in total. The van der Waals surface area contributed by atoms with E-state index in [2.05, 4.69) is 41.2 Å². The second-order valence-corrected chi connectivity index (χ2v) is 7.55. The summed E-state index contributed by atoms with van der Waals surface area (Å²) < 4.78 is 0. The maximum Gasteiger partial charge on any atom is 0.322 e. The van der Waals surface area contributed by atoms with Crippen molar-refractivity contribution in [2.45, 2.75) is 32.7 Å². The van der Waals surface area contributed by atoms with E-state index in [1.54, 1.807) is 22.4 Å². The molecule has 0 aliphatic carbocycles. The predicted octanol–water partition coefficient (Wildman–Crippen LogP) is 4.28. The Bertz CT molecular complexity index is 709. The Morgan fingerprint density at radius 1 is 1.33 bits per heavy atom. The quantitative estimate of drug-likeness (QED) is 0.901. The van der Waals surface area contributed by atoms with Crippen molar-refractivity contribution in [3.05, 3.63) is 40.2 Å².